The SMILES string of the molecule is CCCCOCCn1ccnc1CC(N)CC. The Morgan fingerprint density at radius 2 is 2.24 bits per heavy atom. The fourth-order valence-corrected chi connectivity index (χ4v) is 1.62. The lowest BCUT2D eigenvalue weighted by Crippen LogP contribution is -2.24. The predicted molar refractivity (Wildman–Crippen MR) is 69.9 cm³/mol. The Balaban J connectivity index is 2.30. The fraction of sp³-hybridized carbons (Fsp3) is 0.769. The van der Waals surface area contributed by atoms with Crippen LogP contribution in [-0.4, -0.2) is 28.8 Å². The van der Waals surface area contributed by atoms with Crippen molar-refractivity contribution >= 4 is 0 Å². The molecule has 1 atom stereocenters. The zero-order valence-electron chi connectivity index (χ0n) is 11.1. The first kappa shape index (κ1) is 14.2. The first-order valence-corrected chi connectivity index (χ1v) is 6.61. The van der Waals surface area contributed by atoms with E-state index in [2.05, 4.69) is 23.4 Å². The number of unbranched alkanes of at least 4 members (excludes halogenated alkanes) is 1. The van der Waals surface area contributed by atoms with Crippen molar-refractivity contribution < 1.29 is 4.74 Å². The molecular formula is C13H25N3O. The van der Waals surface area contributed by atoms with Crippen LogP contribution in [0.1, 0.15) is 38.9 Å². The van der Waals surface area contributed by atoms with Crippen LogP contribution in [0.2, 0.25) is 0 Å². The van der Waals surface area contributed by atoms with Gasteiger partial charge in [-0.3, -0.25) is 0 Å². The molecule has 4 nitrogen and oxygen atoms in total. The molecule has 0 aliphatic heterocycles. The summed E-state index contributed by atoms with van der Waals surface area (Å²) in [6, 6.07) is 0.206. The number of hydrogen-bond donors (Lipinski definition) is 1. The summed E-state index contributed by atoms with van der Waals surface area (Å²) in [6.07, 6.45) is 7.99. The summed E-state index contributed by atoms with van der Waals surface area (Å²) in [4.78, 5) is 4.35. The van der Waals surface area contributed by atoms with Gasteiger partial charge in [0.1, 0.15) is 5.82 Å². The second-order valence-electron chi connectivity index (χ2n) is 4.38. The van der Waals surface area contributed by atoms with Crippen LogP contribution < -0.4 is 5.73 Å². The number of nitrogens with zero attached hydrogens (tertiary/aromatic N) is 2. The number of nitrogens with two attached hydrogens (primary N) is 1. The molecule has 1 aromatic heterocycles. The lowest BCUT2D eigenvalue weighted by Gasteiger charge is -2.11. The Morgan fingerprint density at radius 1 is 1.41 bits per heavy atom. The van der Waals surface area contributed by atoms with Crippen LogP contribution in [0.15, 0.2) is 12.4 Å². The second-order valence-corrected chi connectivity index (χ2v) is 4.38. The topological polar surface area (TPSA) is 53.1 Å². The molecule has 1 rings (SSSR count). The van der Waals surface area contributed by atoms with Gasteiger partial charge in [0.15, 0.2) is 0 Å². The molecule has 0 saturated carbocycles. The minimum absolute atomic E-state index is 0.206. The molecule has 1 unspecified atom stereocenters. The van der Waals surface area contributed by atoms with E-state index < -0.39 is 0 Å². The molecule has 0 spiro atoms. The Morgan fingerprint density at radius 3 is 2.94 bits per heavy atom. The van der Waals surface area contributed by atoms with E-state index in [0.29, 0.717) is 0 Å². The number of aromatic nitrogens is 2. The van der Waals surface area contributed by atoms with Gasteiger partial charge in [0.2, 0.25) is 0 Å². The van der Waals surface area contributed by atoms with Gasteiger partial charge in [0, 0.05) is 38.0 Å². The van der Waals surface area contributed by atoms with Crippen molar-refractivity contribution in [1.29, 1.82) is 0 Å². The van der Waals surface area contributed by atoms with Crippen LogP contribution >= 0.6 is 0 Å². The maximum Gasteiger partial charge on any atom is 0.110 e. The summed E-state index contributed by atoms with van der Waals surface area (Å²) < 4.78 is 7.69. The summed E-state index contributed by atoms with van der Waals surface area (Å²) in [5, 5.41) is 0. The van der Waals surface area contributed by atoms with Gasteiger partial charge in [-0.25, -0.2) is 4.98 Å². The fourth-order valence-electron chi connectivity index (χ4n) is 1.62. The normalized spacial score (nSPS) is 12.9. The van der Waals surface area contributed by atoms with E-state index in [1.54, 1.807) is 0 Å². The quantitative estimate of drug-likeness (QED) is 0.670. The van der Waals surface area contributed by atoms with E-state index in [-0.39, 0.29) is 6.04 Å². The number of ether oxygens (including phenoxy) is 1. The highest BCUT2D eigenvalue weighted by atomic mass is 16.5. The van der Waals surface area contributed by atoms with Gasteiger partial charge in [-0.15, -0.1) is 0 Å². The van der Waals surface area contributed by atoms with Crippen molar-refractivity contribution in [3.63, 3.8) is 0 Å². The maximum atomic E-state index is 5.94. The molecule has 0 aliphatic carbocycles. The first-order valence-electron chi connectivity index (χ1n) is 6.61. The van der Waals surface area contributed by atoms with Crippen molar-refractivity contribution in [2.75, 3.05) is 13.2 Å². The first-order chi connectivity index (χ1) is 8.27. The molecular weight excluding hydrogens is 214 g/mol. The highest BCUT2D eigenvalue weighted by Gasteiger charge is 2.07. The molecule has 2 N–H and O–H groups in total. The zero-order valence-corrected chi connectivity index (χ0v) is 11.1. The molecule has 0 saturated heterocycles. The van der Waals surface area contributed by atoms with Crippen LogP contribution in [0, 0.1) is 0 Å². The highest BCUT2D eigenvalue weighted by molar-refractivity contribution is 4.94. The van der Waals surface area contributed by atoms with E-state index in [4.69, 9.17) is 10.5 Å². The van der Waals surface area contributed by atoms with Crippen LogP contribution in [-0.2, 0) is 17.7 Å². The molecule has 1 heterocycles. The standard InChI is InChI=1S/C13H25N3O/c1-3-5-9-17-10-8-16-7-6-15-13(16)11-12(14)4-2/h6-7,12H,3-5,8-11,14H2,1-2H3. The predicted octanol–water partition coefficient (Wildman–Crippen LogP) is 1.98. The molecule has 1 aromatic rings. The highest BCUT2D eigenvalue weighted by Crippen LogP contribution is 2.03. The number of rotatable bonds is 9. The van der Waals surface area contributed by atoms with Gasteiger partial charge in [-0.2, -0.15) is 0 Å². The van der Waals surface area contributed by atoms with E-state index in [0.717, 1.165) is 44.8 Å². The van der Waals surface area contributed by atoms with Gasteiger partial charge in [0.25, 0.3) is 0 Å². The zero-order chi connectivity index (χ0) is 12.5. The molecule has 0 bridgehead atoms. The van der Waals surface area contributed by atoms with E-state index >= 15 is 0 Å². The largest absolute Gasteiger partial charge is 0.380 e. The molecule has 0 aliphatic rings. The molecule has 0 amide bonds. The summed E-state index contributed by atoms with van der Waals surface area (Å²) >= 11 is 0. The van der Waals surface area contributed by atoms with Gasteiger partial charge in [-0.05, 0) is 12.8 Å². The third-order valence-electron chi connectivity index (χ3n) is 2.89. The number of imidazole rings is 1. The third-order valence-corrected chi connectivity index (χ3v) is 2.89. The minimum Gasteiger partial charge on any atom is -0.380 e. The summed E-state index contributed by atoms with van der Waals surface area (Å²) in [6.45, 7) is 6.75. The Bertz CT molecular complexity index is 299. The average molecular weight is 239 g/mol. The van der Waals surface area contributed by atoms with Crippen molar-refractivity contribution in [2.45, 2.75) is 52.1 Å². The van der Waals surface area contributed by atoms with Gasteiger partial charge in [0.05, 0.1) is 6.61 Å². The van der Waals surface area contributed by atoms with E-state index in [1.807, 2.05) is 12.4 Å². The molecule has 0 aromatic carbocycles. The van der Waals surface area contributed by atoms with Gasteiger partial charge < -0.3 is 15.0 Å². The van der Waals surface area contributed by atoms with Crippen molar-refractivity contribution in [3.05, 3.63) is 18.2 Å². The lowest BCUT2D eigenvalue weighted by atomic mass is 10.1. The third kappa shape index (κ3) is 5.33. The lowest BCUT2D eigenvalue weighted by molar-refractivity contribution is 0.123. The smallest absolute Gasteiger partial charge is 0.110 e. The molecule has 17 heavy (non-hydrogen) atoms. The summed E-state index contributed by atoms with van der Waals surface area (Å²) in [7, 11) is 0. The van der Waals surface area contributed by atoms with Crippen LogP contribution in [0.5, 0.6) is 0 Å². The van der Waals surface area contributed by atoms with Gasteiger partial charge in [-0.1, -0.05) is 20.3 Å². The monoisotopic (exact) mass is 239 g/mol. The average Bonchev–Trinajstić information content (AvgIpc) is 2.76. The van der Waals surface area contributed by atoms with Crippen molar-refractivity contribution in [3.8, 4) is 0 Å². The molecule has 0 radical (unpaired) electrons. The number of hydrogen-bond acceptors (Lipinski definition) is 3. The summed E-state index contributed by atoms with van der Waals surface area (Å²) in [5.41, 5.74) is 5.94. The van der Waals surface area contributed by atoms with Crippen molar-refractivity contribution in [1.82, 2.24) is 9.55 Å². The van der Waals surface area contributed by atoms with E-state index in [9.17, 15) is 0 Å². The van der Waals surface area contributed by atoms with Gasteiger partial charge >= 0.3 is 0 Å². The Labute approximate surface area is 104 Å². The maximum absolute atomic E-state index is 5.94. The van der Waals surface area contributed by atoms with Crippen molar-refractivity contribution in [2.24, 2.45) is 5.73 Å². The minimum atomic E-state index is 0.206. The molecule has 0 fully saturated rings. The summed E-state index contributed by atoms with van der Waals surface area (Å²) in [5.74, 6) is 1.07. The van der Waals surface area contributed by atoms with E-state index in [1.165, 1.54) is 6.42 Å². The van der Waals surface area contributed by atoms with Crippen LogP contribution in [0.25, 0.3) is 0 Å². The van der Waals surface area contributed by atoms with Crippen LogP contribution in [0.4, 0.5) is 0 Å². The second kappa shape index (κ2) is 8.25. The Hall–Kier alpha value is -0.870. The molecule has 4 heteroatoms. The Kier molecular flexibility index (Phi) is 6.89. The molecule has 98 valence electrons. The van der Waals surface area contributed by atoms with Crippen LogP contribution in [0.3, 0.4) is 0 Å².